The molecule has 1 rings (SSSR count). The number of benzene rings is 1. The number of halogens is 1. The van der Waals surface area contributed by atoms with Crippen molar-refractivity contribution in [2.45, 2.75) is 6.92 Å². The molecule has 0 aromatic heterocycles. The Labute approximate surface area is 85.5 Å². The van der Waals surface area contributed by atoms with Crippen LogP contribution in [0.2, 0.25) is 5.02 Å². The zero-order valence-electron chi connectivity index (χ0n) is 7.33. The predicted molar refractivity (Wildman–Crippen MR) is 50.1 cm³/mol. The number of hydrogen-bond acceptors (Lipinski definition) is 3. The lowest BCUT2D eigenvalue weighted by Crippen LogP contribution is -2.24. The number of nitrogens with one attached hydrogen (secondary N) is 1. The van der Waals surface area contributed by atoms with Gasteiger partial charge in [0.15, 0.2) is 0 Å². The highest BCUT2D eigenvalue weighted by molar-refractivity contribution is 6.34. The molecule has 1 aromatic rings. The van der Waals surface area contributed by atoms with E-state index in [9.17, 15) is 14.7 Å². The second-order valence-corrected chi connectivity index (χ2v) is 3.04. The van der Waals surface area contributed by atoms with Crippen molar-refractivity contribution in [2.75, 3.05) is 5.32 Å². The summed E-state index contributed by atoms with van der Waals surface area (Å²) >= 11 is 5.64. The highest BCUT2D eigenvalue weighted by Gasteiger charge is 2.08. The molecule has 0 aliphatic rings. The molecule has 14 heavy (non-hydrogen) atoms. The Kier molecular flexibility index (Phi) is 3.09. The molecule has 1 aromatic carbocycles. The van der Waals surface area contributed by atoms with Crippen LogP contribution in [0.1, 0.15) is 17.3 Å². The molecule has 0 saturated carbocycles. The average molecular weight is 213 g/mol. The molecular formula is C9H7ClNO3-. The zero-order chi connectivity index (χ0) is 10.7. The fourth-order valence-electron chi connectivity index (χ4n) is 1.03. The molecule has 0 spiro atoms. The molecule has 0 heterocycles. The van der Waals surface area contributed by atoms with Crippen molar-refractivity contribution >= 4 is 29.2 Å². The minimum atomic E-state index is -1.42. The van der Waals surface area contributed by atoms with Gasteiger partial charge in [0.05, 0.1) is 16.7 Å². The summed E-state index contributed by atoms with van der Waals surface area (Å²) in [4.78, 5) is 21.4. The molecule has 5 heteroatoms. The van der Waals surface area contributed by atoms with Crippen LogP contribution < -0.4 is 10.4 Å². The number of amides is 1. The van der Waals surface area contributed by atoms with Crippen molar-refractivity contribution in [1.29, 1.82) is 0 Å². The number of carbonyl (C=O) groups is 2. The van der Waals surface area contributed by atoms with Gasteiger partial charge in [0, 0.05) is 12.5 Å². The number of carboxylic acids is 1. The van der Waals surface area contributed by atoms with Gasteiger partial charge >= 0.3 is 0 Å². The van der Waals surface area contributed by atoms with E-state index < -0.39 is 5.97 Å². The summed E-state index contributed by atoms with van der Waals surface area (Å²) in [6.45, 7) is 1.28. The Morgan fingerprint density at radius 3 is 2.57 bits per heavy atom. The molecular weight excluding hydrogens is 206 g/mol. The van der Waals surface area contributed by atoms with E-state index in [2.05, 4.69) is 5.32 Å². The molecule has 1 N–H and O–H groups in total. The van der Waals surface area contributed by atoms with Gasteiger partial charge in [0.25, 0.3) is 0 Å². The van der Waals surface area contributed by atoms with Crippen molar-refractivity contribution in [1.82, 2.24) is 0 Å². The lowest BCUT2D eigenvalue weighted by atomic mass is 10.2. The molecule has 74 valence electrons. The maximum Gasteiger partial charge on any atom is 0.221 e. The van der Waals surface area contributed by atoms with Crippen LogP contribution in [0.3, 0.4) is 0 Å². The summed E-state index contributed by atoms with van der Waals surface area (Å²) in [5.41, 5.74) is -0.0608. The van der Waals surface area contributed by atoms with E-state index in [1.165, 1.54) is 19.1 Å². The maximum absolute atomic E-state index is 10.7. The molecule has 0 bridgehead atoms. The standard InChI is InChI=1S/C9H8ClNO3/c1-5(12)11-7-4-2-3-6(10)8(7)9(13)14/h2-4H,1H3,(H,11,12)(H,13,14)/p-1. The highest BCUT2D eigenvalue weighted by atomic mass is 35.5. The largest absolute Gasteiger partial charge is 0.545 e. The SMILES string of the molecule is CC(=O)Nc1cccc(Cl)c1C(=O)[O-]. The van der Waals surface area contributed by atoms with E-state index in [1.807, 2.05) is 0 Å². The van der Waals surface area contributed by atoms with Crippen molar-refractivity contribution in [3.63, 3.8) is 0 Å². The number of carboxylic acid groups (broad SMARTS) is 1. The fourth-order valence-corrected chi connectivity index (χ4v) is 1.28. The van der Waals surface area contributed by atoms with Gasteiger partial charge in [0.1, 0.15) is 0 Å². The van der Waals surface area contributed by atoms with Crippen LogP contribution in [0, 0.1) is 0 Å². The van der Waals surface area contributed by atoms with E-state index in [0.717, 1.165) is 0 Å². The highest BCUT2D eigenvalue weighted by Crippen LogP contribution is 2.23. The van der Waals surface area contributed by atoms with Gasteiger partial charge in [-0.3, -0.25) is 4.79 Å². The summed E-state index contributed by atoms with van der Waals surface area (Å²) < 4.78 is 0. The Morgan fingerprint density at radius 1 is 1.43 bits per heavy atom. The van der Waals surface area contributed by atoms with Gasteiger partial charge < -0.3 is 15.2 Å². The van der Waals surface area contributed by atoms with Gasteiger partial charge in [0.2, 0.25) is 5.91 Å². The van der Waals surface area contributed by atoms with Crippen molar-refractivity contribution in [3.05, 3.63) is 28.8 Å². The minimum absolute atomic E-state index is 0.0382. The Hall–Kier alpha value is -1.55. The molecule has 0 fully saturated rings. The number of rotatable bonds is 2. The molecule has 0 aliphatic heterocycles. The quantitative estimate of drug-likeness (QED) is 0.783. The van der Waals surface area contributed by atoms with Crippen molar-refractivity contribution < 1.29 is 14.7 Å². The van der Waals surface area contributed by atoms with Crippen LogP contribution in [0.5, 0.6) is 0 Å². The zero-order valence-corrected chi connectivity index (χ0v) is 8.09. The first kappa shape index (κ1) is 10.5. The van der Waals surface area contributed by atoms with Crippen molar-refractivity contribution in [2.24, 2.45) is 0 Å². The third-order valence-electron chi connectivity index (χ3n) is 1.53. The second kappa shape index (κ2) is 4.11. The normalized spacial score (nSPS) is 9.57. The van der Waals surface area contributed by atoms with E-state index in [0.29, 0.717) is 0 Å². The maximum atomic E-state index is 10.7. The average Bonchev–Trinajstić information content (AvgIpc) is 2.01. The van der Waals surface area contributed by atoms with Gasteiger partial charge in [-0.2, -0.15) is 0 Å². The van der Waals surface area contributed by atoms with E-state index in [1.54, 1.807) is 6.07 Å². The van der Waals surface area contributed by atoms with Crippen LogP contribution >= 0.6 is 11.6 Å². The van der Waals surface area contributed by atoms with E-state index in [4.69, 9.17) is 11.6 Å². The Balaban J connectivity index is 3.21. The number of carbonyl (C=O) groups excluding carboxylic acids is 2. The summed E-state index contributed by atoms with van der Waals surface area (Å²) in [6.07, 6.45) is 0. The minimum Gasteiger partial charge on any atom is -0.545 e. The molecule has 0 atom stereocenters. The third kappa shape index (κ3) is 2.23. The smallest absolute Gasteiger partial charge is 0.221 e. The topological polar surface area (TPSA) is 69.2 Å². The molecule has 1 amide bonds. The second-order valence-electron chi connectivity index (χ2n) is 2.63. The molecule has 0 radical (unpaired) electrons. The first-order chi connectivity index (χ1) is 6.52. The molecule has 4 nitrogen and oxygen atoms in total. The Morgan fingerprint density at radius 2 is 2.07 bits per heavy atom. The van der Waals surface area contributed by atoms with Crippen LogP contribution in [-0.2, 0) is 4.79 Å². The number of aromatic carboxylic acids is 1. The van der Waals surface area contributed by atoms with E-state index >= 15 is 0 Å². The number of anilines is 1. The number of hydrogen-bond donors (Lipinski definition) is 1. The van der Waals surface area contributed by atoms with Gasteiger partial charge in [-0.05, 0) is 12.1 Å². The summed E-state index contributed by atoms with van der Waals surface area (Å²) in [6, 6.07) is 4.40. The lowest BCUT2D eigenvalue weighted by molar-refractivity contribution is -0.254. The van der Waals surface area contributed by atoms with Gasteiger partial charge in [-0.25, -0.2) is 0 Å². The van der Waals surface area contributed by atoms with Gasteiger partial charge in [-0.15, -0.1) is 0 Å². The van der Waals surface area contributed by atoms with Crippen LogP contribution in [0.25, 0.3) is 0 Å². The van der Waals surface area contributed by atoms with E-state index in [-0.39, 0.29) is 22.2 Å². The first-order valence-electron chi connectivity index (χ1n) is 3.80. The Bertz CT molecular complexity index is 390. The third-order valence-corrected chi connectivity index (χ3v) is 1.84. The van der Waals surface area contributed by atoms with Crippen LogP contribution in [0.4, 0.5) is 5.69 Å². The van der Waals surface area contributed by atoms with Crippen molar-refractivity contribution in [3.8, 4) is 0 Å². The molecule has 0 saturated heterocycles. The summed E-state index contributed by atoms with van der Waals surface area (Å²) in [7, 11) is 0. The monoisotopic (exact) mass is 212 g/mol. The molecule has 0 aliphatic carbocycles. The summed E-state index contributed by atoms with van der Waals surface area (Å²) in [5, 5.41) is 13.1. The lowest BCUT2D eigenvalue weighted by Gasteiger charge is -2.11. The van der Waals surface area contributed by atoms with Gasteiger partial charge in [-0.1, -0.05) is 17.7 Å². The first-order valence-corrected chi connectivity index (χ1v) is 4.17. The summed E-state index contributed by atoms with van der Waals surface area (Å²) in [5.74, 6) is -1.78. The van der Waals surface area contributed by atoms with Crippen LogP contribution in [-0.4, -0.2) is 11.9 Å². The van der Waals surface area contributed by atoms with Crippen LogP contribution in [0.15, 0.2) is 18.2 Å². The fraction of sp³-hybridized carbons (Fsp3) is 0.111. The molecule has 0 unspecified atom stereocenters. The predicted octanol–water partition coefficient (Wildman–Crippen LogP) is 0.662.